The third-order valence-corrected chi connectivity index (χ3v) is 2.33. The number of carbonyl (C=O) groups is 1. The van der Waals surface area contributed by atoms with E-state index in [1.165, 1.54) is 5.56 Å². The van der Waals surface area contributed by atoms with Crippen molar-refractivity contribution >= 4 is 11.9 Å². The minimum absolute atomic E-state index is 0.0268. The maximum absolute atomic E-state index is 11.5. The van der Waals surface area contributed by atoms with Crippen LogP contribution in [0.4, 0.5) is 5.95 Å². The van der Waals surface area contributed by atoms with Crippen molar-refractivity contribution in [3.8, 4) is 0 Å². The fourth-order valence-corrected chi connectivity index (χ4v) is 1.50. The highest BCUT2D eigenvalue weighted by atomic mass is 16.2. The number of aromatic nitrogens is 4. The molecule has 1 heterocycles. The second-order valence-corrected chi connectivity index (χ2v) is 3.76. The molecule has 94 valence electrons. The van der Waals surface area contributed by atoms with Crippen molar-refractivity contribution in [1.82, 2.24) is 25.5 Å². The molecule has 1 amide bonds. The van der Waals surface area contributed by atoms with Gasteiger partial charge in [-0.15, -0.1) is 5.10 Å². The van der Waals surface area contributed by atoms with Crippen molar-refractivity contribution in [2.24, 2.45) is 0 Å². The minimum atomic E-state index is -0.164. The van der Waals surface area contributed by atoms with Gasteiger partial charge in [-0.25, -0.2) is 0 Å². The van der Waals surface area contributed by atoms with Gasteiger partial charge in [-0.3, -0.25) is 4.79 Å². The van der Waals surface area contributed by atoms with Crippen LogP contribution in [0.3, 0.4) is 0 Å². The molecule has 0 saturated carbocycles. The second kappa shape index (κ2) is 5.76. The third kappa shape index (κ3) is 3.55. The maximum atomic E-state index is 11.5. The number of nitrogen functional groups attached to an aromatic ring is 1. The highest BCUT2D eigenvalue weighted by molar-refractivity contribution is 5.75. The molecule has 1 aromatic heterocycles. The predicted octanol–water partition coefficient (Wildman–Crippen LogP) is -0.386. The number of hydrogen-bond acceptors (Lipinski definition) is 5. The molecule has 3 N–H and O–H groups in total. The molecule has 0 bridgehead atoms. The number of hydrogen-bond donors (Lipinski definition) is 2. The first-order valence-corrected chi connectivity index (χ1v) is 5.58. The Morgan fingerprint density at radius 2 is 2.11 bits per heavy atom. The van der Waals surface area contributed by atoms with Gasteiger partial charge in [0.1, 0.15) is 6.54 Å². The van der Waals surface area contributed by atoms with E-state index in [1.807, 2.05) is 30.3 Å². The fraction of sp³-hybridized carbons (Fsp3) is 0.273. The molecule has 0 unspecified atom stereocenters. The zero-order valence-electron chi connectivity index (χ0n) is 9.78. The number of nitrogens with zero attached hydrogens (tertiary/aromatic N) is 4. The van der Waals surface area contributed by atoms with Gasteiger partial charge in [0.05, 0.1) is 0 Å². The van der Waals surface area contributed by atoms with Crippen LogP contribution < -0.4 is 11.1 Å². The number of nitrogens with one attached hydrogen (secondary N) is 1. The molecule has 0 aliphatic carbocycles. The lowest BCUT2D eigenvalue weighted by Crippen LogP contribution is -2.30. The van der Waals surface area contributed by atoms with Gasteiger partial charge < -0.3 is 11.1 Å². The monoisotopic (exact) mass is 246 g/mol. The van der Waals surface area contributed by atoms with E-state index in [0.717, 1.165) is 11.2 Å². The van der Waals surface area contributed by atoms with Gasteiger partial charge in [-0.1, -0.05) is 35.4 Å². The number of amides is 1. The van der Waals surface area contributed by atoms with Gasteiger partial charge in [0.25, 0.3) is 5.95 Å². The van der Waals surface area contributed by atoms with Crippen molar-refractivity contribution < 1.29 is 4.79 Å². The maximum Gasteiger partial charge on any atom is 0.260 e. The first-order chi connectivity index (χ1) is 8.74. The van der Waals surface area contributed by atoms with Crippen LogP contribution >= 0.6 is 0 Å². The molecule has 1 aromatic carbocycles. The van der Waals surface area contributed by atoms with E-state index in [0.29, 0.717) is 6.54 Å². The summed E-state index contributed by atoms with van der Waals surface area (Å²) in [5.74, 6) is -0.101. The van der Waals surface area contributed by atoms with Crippen molar-refractivity contribution in [2.75, 3.05) is 12.3 Å². The molecular weight excluding hydrogens is 232 g/mol. The van der Waals surface area contributed by atoms with Crippen molar-refractivity contribution in [3.05, 3.63) is 35.9 Å². The van der Waals surface area contributed by atoms with Crippen LogP contribution in [0.15, 0.2) is 30.3 Å². The molecular formula is C11H14N6O. The van der Waals surface area contributed by atoms with Gasteiger partial charge in [-0.05, 0) is 17.2 Å². The van der Waals surface area contributed by atoms with E-state index in [4.69, 9.17) is 5.73 Å². The molecule has 0 saturated heterocycles. The number of carbonyl (C=O) groups excluding carboxylic acids is 1. The van der Waals surface area contributed by atoms with E-state index in [-0.39, 0.29) is 18.4 Å². The Labute approximate surface area is 104 Å². The van der Waals surface area contributed by atoms with Crippen LogP contribution in [0.1, 0.15) is 5.56 Å². The first kappa shape index (κ1) is 12.0. The summed E-state index contributed by atoms with van der Waals surface area (Å²) < 4.78 is 0. The summed E-state index contributed by atoms with van der Waals surface area (Å²) in [6.07, 6.45) is 0.791. The lowest BCUT2D eigenvalue weighted by molar-refractivity contribution is -0.122. The molecule has 0 atom stereocenters. The highest BCUT2D eigenvalue weighted by Crippen LogP contribution is 1.98. The van der Waals surface area contributed by atoms with Gasteiger partial charge in [0.15, 0.2) is 0 Å². The van der Waals surface area contributed by atoms with E-state index in [1.54, 1.807) is 0 Å². The number of rotatable bonds is 5. The van der Waals surface area contributed by atoms with Crippen LogP contribution in [0, 0.1) is 0 Å². The Morgan fingerprint density at radius 1 is 1.33 bits per heavy atom. The molecule has 2 rings (SSSR count). The second-order valence-electron chi connectivity index (χ2n) is 3.76. The summed E-state index contributed by atoms with van der Waals surface area (Å²) in [5.41, 5.74) is 6.47. The van der Waals surface area contributed by atoms with Crippen molar-refractivity contribution in [2.45, 2.75) is 13.0 Å². The molecule has 7 heteroatoms. The third-order valence-electron chi connectivity index (χ3n) is 2.33. The van der Waals surface area contributed by atoms with Crippen LogP contribution in [0.5, 0.6) is 0 Å². The standard InChI is InChI=1S/C11H14N6O/c12-11-14-16-17(15-11)8-10(18)13-7-6-9-4-2-1-3-5-9/h1-5H,6-8H2,(H2,12,15)(H,13,18). The summed E-state index contributed by atoms with van der Waals surface area (Å²) in [7, 11) is 0. The Morgan fingerprint density at radius 3 is 2.78 bits per heavy atom. The largest absolute Gasteiger partial charge is 0.365 e. The zero-order valence-corrected chi connectivity index (χ0v) is 9.78. The van der Waals surface area contributed by atoms with Gasteiger partial charge in [-0.2, -0.15) is 4.80 Å². The molecule has 18 heavy (non-hydrogen) atoms. The predicted molar refractivity (Wildman–Crippen MR) is 65.4 cm³/mol. The van der Waals surface area contributed by atoms with Gasteiger partial charge >= 0.3 is 0 Å². The van der Waals surface area contributed by atoms with Crippen LogP contribution in [-0.4, -0.2) is 32.7 Å². The summed E-state index contributed by atoms with van der Waals surface area (Å²) in [6, 6.07) is 9.94. The van der Waals surface area contributed by atoms with E-state index < -0.39 is 0 Å². The normalized spacial score (nSPS) is 10.2. The number of benzene rings is 1. The Kier molecular flexibility index (Phi) is 3.85. The Hall–Kier alpha value is -2.44. The molecule has 0 aliphatic heterocycles. The number of tetrazole rings is 1. The van der Waals surface area contributed by atoms with E-state index in [9.17, 15) is 4.79 Å². The van der Waals surface area contributed by atoms with Gasteiger partial charge in [0, 0.05) is 6.54 Å². The number of anilines is 1. The first-order valence-electron chi connectivity index (χ1n) is 5.58. The number of nitrogens with two attached hydrogens (primary N) is 1. The van der Waals surface area contributed by atoms with Gasteiger partial charge in [0.2, 0.25) is 5.91 Å². The van der Waals surface area contributed by atoms with E-state index in [2.05, 4.69) is 20.7 Å². The van der Waals surface area contributed by atoms with Crippen LogP contribution in [-0.2, 0) is 17.8 Å². The quantitative estimate of drug-likeness (QED) is 0.749. The lowest BCUT2D eigenvalue weighted by atomic mass is 10.1. The zero-order chi connectivity index (χ0) is 12.8. The summed E-state index contributed by atoms with van der Waals surface area (Å²) >= 11 is 0. The molecule has 0 radical (unpaired) electrons. The van der Waals surface area contributed by atoms with Crippen molar-refractivity contribution in [1.29, 1.82) is 0 Å². The Bertz CT molecular complexity index is 509. The molecule has 2 aromatic rings. The lowest BCUT2D eigenvalue weighted by Gasteiger charge is -2.04. The summed E-state index contributed by atoms with van der Waals surface area (Å²) in [5, 5.41) is 13.6. The topological polar surface area (TPSA) is 98.7 Å². The minimum Gasteiger partial charge on any atom is -0.365 e. The molecule has 0 aliphatic rings. The molecule has 0 spiro atoms. The highest BCUT2D eigenvalue weighted by Gasteiger charge is 2.05. The van der Waals surface area contributed by atoms with E-state index >= 15 is 0 Å². The fourth-order valence-electron chi connectivity index (χ4n) is 1.50. The average Bonchev–Trinajstić information content (AvgIpc) is 2.76. The van der Waals surface area contributed by atoms with Crippen molar-refractivity contribution in [3.63, 3.8) is 0 Å². The Balaban J connectivity index is 1.72. The smallest absolute Gasteiger partial charge is 0.260 e. The molecule has 7 nitrogen and oxygen atoms in total. The summed E-state index contributed by atoms with van der Waals surface area (Å²) in [4.78, 5) is 12.7. The SMILES string of the molecule is Nc1nnn(CC(=O)NCCc2ccccc2)n1. The summed E-state index contributed by atoms with van der Waals surface area (Å²) in [6.45, 7) is 0.603. The van der Waals surface area contributed by atoms with Crippen LogP contribution in [0.2, 0.25) is 0 Å². The average molecular weight is 246 g/mol. The molecule has 0 fully saturated rings. The van der Waals surface area contributed by atoms with Crippen LogP contribution in [0.25, 0.3) is 0 Å².